The van der Waals surface area contributed by atoms with E-state index in [9.17, 15) is 14.9 Å². The van der Waals surface area contributed by atoms with E-state index in [4.69, 9.17) is 26.8 Å². The van der Waals surface area contributed by atoms with Gasteiger partial charge in [-0.15, -0.1) is 0 Å². The van der Waals surface area contributed by atoms with E-state index in [1.165, 1.54) is 0 Å². The number of ketones is 1. The predicted octanol–water partition coefficient (Wildman–Crippen LogP) is 5.88. The Kier molecular flexibility index (Phi) is 7.17. The van der Waals surface area contributed by atoms with Gasteiger partial charge >= 0.3 is 0 Å². The van der Waals surface area contributed by atoms with E-state index in [1.807, 2.05) is 26.8 Å². The number of hydrogen-bond acceptors (Lipinski definition) is 6. The minimum absolute atomic E-state index is 0.0353. The Balaban J connectivity index is 1.68. The van der Waals surface area contributed by atoms with Gasteiger partial charge in [-0.05, 0) is 48.2 Å². The molecule has 7 nitrogen and oxygen atoms in total. The highest BCUT2D eigenvalue weighted by atomic mass is 79.9. The number of aryl methyl sites for hydroxylation is 1. The molecule has 1 atom stereocenters. The maximum absolute atomic E-state index is 13.3. The largest absolute Gasteiger partial charge is 0.483 e. The number of carbonyl (C=O) groups excluding carboxylic acids is 2. The normalized spacial score (nSPS) is 18.8. The van der Waals surface area contributed by atoms with Gasteiger partial charge in [0.1, 0.15) is 23.2 Å². The van der Waals surface area contributed by atoms with Crippen molar-refractivity contribution in [2.24, 2.45) is 11.1 Å². The van der Waals surface area contributed by atoms with E-state index in [-0.39, 0.29) is 35.2 Å². The molecule has 1 heterocycles. The number of amides is 1. The molecule has 2 aromatic carbocycles. The Morgan fingerprint density at radius 2 is 2.06 bits per heavy atom. The lowest BCUT2D eigenvalue weighted by molar-refractivity contribution is -0.119. The lowest BCUT2D eigenvalue weighted by Gasteiger charge is -2.37. The number of nitrogens with zero attached hydrogens (tertiary/aromatic N) is 1. The van der Waals surface area contributed by atoms with Crippen molar-refractivity contribution in [1.82, 2.24) is 0 Å². The van der Waals surface area contributed by atoms with Gasteiger partial charge in [-0.25, -0.2) is 0 Å². The quantitative estimate of drug-likeness (QED) is 0.464. The van der Waals surface area contributed by atoms with Crippen LogP contribution in [0.3, 0.4) is 0 Å². The number of nitriles is 1. The molecule has 36 heavy (non-hydrogen) atoms. The fourth-order valence-corrected chi connectivity index (χ4v) is 5.08. The van der Waals surface area contributed by atoms with Gasteiger partial charge in [0.25, 0.3) is 5.91 Å². The molecule has 0 aromatic heterocycles. The summed E-state index contributed by atoms with van der Waals surface area (Å²) in [6.07, 6.45) is 0.825. The van der Waals surface area contributed by atoms with Crippen LogP contribution in [0, 0.1) is 23.7 Å². The average molecular weight is 571 g/mol. The first-order chi connectivity index (χ1) is 17.0. The summed E-state index contributed by atoms with van der Waals surface area (Å²) in [4.78, 5) is 26.0. The summed E-state index contributed by atoms with van der Waals surface area (Å²) in [5, 5.41) is 13.2. The van der Waals surface area contributed by atoms with Crippen LogP contribution in [-0.4, -0.2) is 18.3 Å². The molecule has 0 saturated carbocycles. The molecule has 186 valence electrons. The van der Waals surface area contributed by atoms with E-state index in [0.29, 0.717) is 46.2 Å². The zero-order valence-electron chi connectivity index (χ0n) is 20.1. The highest BCUT2D eigenvalue weighted by Crippen LogP contribution is 2.49. The van der Waals surface area contributed by atoms with Gasteiger partial charge in [-0.3, -0.25) is 9.59 Å². The Bertz CT molecular complexity index is 1370. The second-order valence-corrected chi connectivity index (χ2v) is 11.0. The van der Waals surface area contributed by atoms with Crippen molar-refractivity contribution in [3.05, 3.63) is 79.8 Å². The Morgan fingerprint density at radius 1 is 1.31 bits per heavy atom. The van der Waals surface area contributed by atoms with Crippen LogP contribution >= 0.6 is 27.5 Å². The molecule has 1 aliphatic heterocycles. The number of anilines is 1. The van der Waals surface area contributed by atoms with Gasteiger partial charge in [-0.2, -0.15) is 5.26 Å². The minimum Gasteiger partial charge on any atom is -0.483 e. The van der Waals surface area contributed by atoms with Crippen LogP contribution < -0.4 is 15.8 Å². The summed E-state index contributed by atoms with van der Waals surface area (Å²) in [6.45, 7) is 5.54. The van der Waals surface area contributed by atoms with Crippen LogP contribution in [0.2, 0.25) is 5.02 Å². The molecule has 0 fully saturated rings. The standard InChI is InChI=1S/C27H25BrClN3O4/c1-14-4-6-16(29)9-19(14)32-23(34)13-35-21-7-5-15(28)8-17(21)24-18(12-30)26(31)36-22-11-27(2,3)10-20(33)25(22)24/h4-9,24H,10-11,13,31H2,1-3H3,(H,32,34). The molecule has 0 spiro atoms. The number of benzene rings is 2. The lowest BCUT2D eigenvalue weighted by Crippen LogP contribution is -2.33. The van der Waals surface area contributed by atoms with Crippen LogP contribution in [0.1, 0.15) is 43.7 Å². The van der Waals surface area contributed by atoms with Gasteiger partial charge in [-0.1, -0.05) is 47.4 Å². The van der Waals surface area contributed by atoms with Crippen molar-refractivity contribution in [1.29, 1.82) is 5.26 Å². The zero-order valence-corrected chi connectivity index (χ0v) is 22.4. The van der Waals surface area contributed by atoms with E-state index in [1.54, 1.807) is 30.3 Å². The summed E-state index contributed by atoms with van der Waals surface area (Å²) in [5.74, 6) is -0.468. The van der Waals surface area contributed by atoms with Crippen LogP contribution in [0.25, 0.3) is 0 Å². The van der Waals surface area contributed by atoms with Gasteiger partial charge < -0.3 is 20.5 Å². The molecule has 2 aliphatic rings. The molecule has 9 heteroatoms. The molecule has 0 bridgehead atoms. The first-order valence-electron chi connectivity index (χ1n) is 11.3. The summed E-state index contributed by atoms with van der Waals surface area (Å²) >= 11 is 9.52. The Morgan fingerprint density at radius 3 is 2.78 bits per heavy atom. The number of nitrogens with two attached hydrogens (primary N) is 1. The smallest absolute Gasteiger partial charge is 0.262 e. The molecular weight excluding hydrogens is 546 g/mol. The number of nitrogens with one attached hydrogen (secondary N) is 1. The van der Waals surface area contributed by atoms with E-state index in [0.717, 1.165) is 10.0 Å². The van der Waals surface area contributed by atoms with E-state index in [2.05, 4.69) is 27.3 Å². The van der Waals surface area contributed by atoms with Crippen LogP contribution in [0.15, 0.2) is 63.7 Å². The fraction of sp³-hybridized carbons (Fsp3) is 0.296. The van der Waals surface area contributed by atoms with E-state index < -0.39 is 5.92 Å². The summed E-state index contributed by atoms with van der Waals surface area (Å²) in [5.41, 5.74) is 8.37. The third kappa shape index (κ3) is 5.28. The number of halogens is 2. The number of hydrogen-bond donors (Lipinski definition) is 2. The molecule has 0 saturated heterocycles. The second-order valence-electron chi connectivity index (χ2n) is 9.68. The highest BCUT2D eigenvalue weighted by molar-refractivity contribution is 9.10. The monoisotopic (exact) mass is 569 g/mol. The maximum Gasteiger partial charge on any atom is 0.262 e. The molecule has 3 N–H and O–H groups in total. The van der Waals surface area contributed by atoms with Crippen molar-refractivity contribution in [3.8, 4) is 11.8 Å². The molecule has 1 unspecified atom stereocenters. The second kappa shape index (κ2) is 10.00. The zero-order chi connectivity index (χ0) is 26.2. The van der Waals surface area contributed by atoms with Crippen molar-refractivity contribution in [2.45, 2.75) is 39.5 Å². The highest BCUT2D eigenvalue weighted by Gasteiger charge is 2.43. The van der Waals surface area contributed by atoms with Crippen LogP contribution in [0.4, 0.5) is 5.69 Å². The number of ether oxygens (including phenoxy) is 2. The van der Waals surface area contributed by atoms with Crippen molar-refractivity contribution in [3.63, 3.8) is 0 Å². The van der Waals surface area contributed by atoms with Gasteiger partial charge in [0.15, 0.2) is 12.4 Å². The van der Waals surface area contributed by atoms with Gasteiger partial charge in [0, 0.05) is 39.2 Å². The minimum atomic E-state index is -0.770. The number of rotatable bonds is 5. The van der Waals surface area contributed by atoms with Gasteiger partial charge in [0.2, 0.25) is 5.88 Å². The third-order valence-electron chi connectivity index (χ3n) is 6.19. The van der Waals surface area contributed by atoms with Gasteiger partial charge in [0.05, 0.1) is 5.92 Å². The summed E-state index contributed by atoms with van der Waals surface area (Å²) in [6, 6.07) is 12.6. The molecule has 1 amide bonds. The molecule has 0 radical (unpaired) electrons. The van der Waals surface area contributed by atoms with Crippen molar-refractivity contribution >= 4 is 44.9 Å². The topological polar surface area (TPSA) is 114 Å². The number of carbonyl (C=O) groups is 2. The first kappa shape index (κ1) is 25.8. The third-order valence-corrected chi connectivity index (χ3v) is 6.92. The fourth-order valence-electron chi connectivity index (χ4n) is 4.53. The average Bonchev–Trinajstić information content (AvgIpc) is 2.79. The van der Waals surface area contributed by atoms with Crippen LogP contribution in [0.5, 0.6) is 5.75 Å². The van der Waals surface area contributed by atoms with Crippen molar-refractivity contribution in [2.75, 3.05) is 11.9 Å². The summed E-state index contributed by atoms with van der Waals surface area (Å²) in [7, 11) is 0. The van der Waals surface area contributed by atoms with E-state index >= 15 is 0 Å². The Hall–Kier alpha value is -3.28. The van der Waals surface area contributed by atoms with Crippen LogP contribution in [-0.2, 0) is 14.3 Å². The Labute approximate surface area is 223 Å². The molecule has 1 aliphatic carbocycles. The lowest BCUT2D eigenvalue weighted by atomic mass is 9.70. The molecular formula is C27H25BrClN3O4. The maximum atomic E-state index is 13.3. The molecule has 4 rings (SSSR count). The summed E-state index contributed by atoms with van der Waals surface area (Å²) < 4.78 is 12.4. The number of Topliss-reactive ketones (excluding diaryl/α,β-unsaturated/α-hetero) is 1. The predicted molar refractivity (Wildman–Crippen MR) is 140 cm³/mol. The van der Waals surface area contributed by atoms with Crippen molar-refractivity contribution < 1.29 is 19.1 Å². The first-order valence-corrected chi connectivity index (χ1v) is 12.5. The molecule has 2 aromatic rings. The SMILES string of the molecule is Cc1ccc(Cl)cc1NC(=O)COc1ccc(Br)cc1C1C(C#N)=C(N)OC2=C1C(=O)CC(C)(C)C2. The number of allylic oxidation sites excluding steroid dienone is 3.